The maximum atomic E-state index is 13.4. The van der Waals surface area contributed by atoms with Crippen molar-refractivity contribution >= 4 is 34.0 Å². The highest BCUT2D eigenvalue weighted by Crippen LogP contribution is 2.32. The van der Waals surface area contributed by atoms with E-state index < -0.39 is 0 Å². The van der Waals surface area contributed by atoms with Gasteiger partial charge in [0.25, 0.3) is 0 Å². The Bertz CT molecular complexity index is 823. The van der Waals surface area contributed by atoms with E-state index in [1.807, 2.05) is 13.8 Å². The fraction of sp³-hybridized carbons (Fsp3) is 0.444. The molecule has 1 aliphatic rings. The quantitative estimate of drug-likeness (QED) is 0.869. The largest absolute Gasteiger partial charge is 0.309 e. The number of anilines is 2. The minimum atomic E-state index is -0.298. The van der Waals surface area contributed by atoms with Crippen LogP contribution in [0.15, 0.2) is 18.2 Å². The smallest absolute Gasteiger partial charge is 0.227 e. The van der Waals surface area contributed by atoms with Crippen LogP contribution in [0.4, 0.5) is 15.2 Å². The Morgan fingerprint density at radius 3 is 2.88 bits per heavy atom. The van der Waals surface area contributed by atoms with Crippen molar-refractivity contribution in [3.05, 3.63) is 34.6 Å². The van der Waals surface area contributed by atoms with Gasteiger partial charge in [0, 0.05) is 24.6 Å². The lowest BCUT2D eigenvalue weighted by atomic mass is 9.96. The van der Waals surface area contributed by atoms with Crippen LogP contribution in [0.5, 0.6) is 0 Å². The highest BCUT2D eigenvalue weighted by Gasteiger charge is 2.28. The van der Waals surface area contributed by atoms with Crippen LogP contribution in [-0.4, -0.2) is 28.1 Å². The average Bonchev–Trinajstić information content (AvgIpc) is 3.07. The van der Waals surface area contributed by atoms with E-state index >= 15 is 0 Å². The Labute approximate surface area is 155 Å². The third-order valence-electron chi connectivity index (χ3n) is 4.42. The Hall–Kier alpha value is -2.35. The van der Waals surface area contributed by atoms with Gasteiger partial charge in [0.2, 0.25) is 16.9 Å². The second kappa shape index (κ2) is 7.90. The molecule has 26 heavy (non-hydrogen) atoms. The van der Waals surface area contributed by atoms with E-state index in [0.29, 0.717) is 5.13 Å². The summed E-state index contributed by atoms with van der Waals surface area (Å²) in [6, 6.07) is 4.52. The highest BCUT2D eigenvalue weighted by atomic mass is 32.1. The number of amides is 2. The first-order valence-electron chi connectivity index (χ1n) is 8.70. The van der Waals surface area contributed by atoms with Gasteiger partial charge in [-0.3, -0.25) is 9.59 Å². The molecule has 138 valence electrons. The first-order chi connectivity index (χ1) is 12.5. The third kappa shape index (κ3) is 4.07. The molecule has 2 aromatic rings. The minimum absolute atomic E-state index is 0.0267. The summed E-state index contributed by atoms with van der Waals surface area (Å²) in [6.45, 7) is 3.94. The number of aromatic nitrogens is 2. The highest BCUT2D eigenvalue weighted by molar-refractivity contribution is 7.15. The van der Waals surface area contributed by atoms with Gasteiger partial charge in [-0.25, -0.2) is 4.39 Å². The molecule has 0 radical (unpaired) electrons. The topological polar surface area (TPSA) is 75.2 Å². The summed E-state index contributed by atoms with van der Waals surface area (Å²) >= 11 is 1.33. The number of carbonyl (C=O) groups excluding carboxylic acids is 2. The molecule has 0 spiro atoms. The van der Waals surface area contributed by atoms with Crippen molar-refractivity contribution < 1.29 is 14.0 Å². The van der Waals surface area contributed by atoms with E-state index in [9.17, 15) is 14.0 Å². The summed E-state index contributed by atoms with van der Waals surface area (Å²) in [5.41, 5.74) is 1.58. The van der Waals surface area contributed by atoms with Gasteiger partial charge >= 0.3 is 0 Å². The van der Waals surface area contributed by atoms with Gasteiger partial charge in [-0.05, 0) is 49.9 Å². The van der Waals surface area contributed by atoms with E-state index in [1.54, 1.807) is 11.0 Å². The van der Waals surface area contributed by atoms with Crippen molar-refractivity contribution in [2.75, 3.05) is 10.2 Å². The van der Waals surface area contributed by atoms with Crippen molar-refractivity contribution in [3.63, 3.8) is 0 Å². The van der Waals surface area contributed by atoms with Gasteiger partial charge in [-0.15, -0.1) is 10.2 Å². The summed E-state index contributed by atoms with van der Waals surface area (Å²) in [5, 5.41) is 11.8. The van der Waals surface area contributed by atoms with Crippen LogP contribution < -0.4 is 10.2 Å². The molecule has 1 unspecified atom stereocenters. The van der Waals surface area contributed by atoms with Crippen LogP contribution in [0.2, 0.25) is 0 Å². The minimum Gasteiger partial charge on any atom is -0.309 e. The molecule has 0 saturated heterocycles. The molecule has 0 aliphatic carbocycles. The normalized spacial score (nSPS) is 16.3. The lowest BCUT2D eigenvalue weighted by molar-refractivity contribution is -0.123. The molecule has 0 bridgehead atoms. The van der Waals surface area contributed by atoms with Gasteiger partial charge in [0.15, 0.2) is 0 Å². The number of carbonyl (C=O) groups is 2. The second-order valence-corrected chi connectivity index (χ2v) is 7.39. The predicted octanol–water partition coefficient (Wildman–Crippen LogP) is 3.33. The van der Waals surface area contributed by atoms with Crippen LogP contribution in [-0.2, 0) is 22.4 Å². The standard InChI is InChI=1S/C18H21FN4O2S/c1-3-16-21-22-18(26-16)20-15(24)8-9-17(25)23-11(2)4-5-12-10-13(19)6-7-14(12)23/h6-7,10-11H,3-5,8-9H2,1-2H3,(H,20,22,24). The van der Waals surface area contributed by atoms with Gasteiger partial charge in [-0.2, -0.15) is 0 Å². The van der Waals surface area contributed by atoms with Crippen molar-refractivity contribution in [1.82, 2.24) is 10.2 Å². The Morgan fingerprint density at radius 2 is 2.15 bits per heavy atom. The molecule has 3 rings (SSSR count). The molecule has 1 atom stereocenters. The summed E-state index contributed by atoms with van der Waals surface area (Å²) in [6.07, 6.45) is 2.44. The molecule has 0 fully saturated rings. The van der Waals surface area contributed by atoms with Gasteiger partial charge in [0.05, 0.1) is 0 Å². The fourth-order valence-corrected chi connectivity index (χ4v) is 3.77. The molecule has 2 heterocycles. The predicted molar refractivity (Wildman–Crippen MR) is 98.8 cm³/mol. The maximum Gasteiger partial charge on any atom is 0.227 e. The zero-order chi connectivity index (χ0) is 18.7. The number of nitrogens with one attached hydrogen (secondary N) is 1. The van der Waals surface area contributed by atoms with Crippen LogP contribution in [0, 0.1) is 5.82 Å². The van der Waals surface area contributed by atoms with Crippen LogP contribution in [0.25, 0.3) is 0 Å². The summed E-state index contributed by atoms with van der Waals surface area (Å²) in [7, 11) is 0. The Balaban J connectivity index is 1.62. The van der Waals surface area contributed by atoms with E-state index in [1.165, 1.54) is 23.5 Å². The molecule has 0 saturated carbocycles. The van der Waals surface area contributed by atoms with Crippen molar-refractivity contribution in [3.8, 4) is 0 Å². The summed E-state index contributed by atoms with van der Waals surface area (Å²) < 4.78 is 13.4. The van der Waals surface area contributed by atoms with Crippen molar-refractivity contribution in [2.24, 2.45) is 0 Å². The molecule has 2 amide bonds. The zero-order valence-electron chi connectivity index (χ0n) is 14.8. The monoisotopic (exact) mass is 376 g/mol. The third-order valence-corrected chi connectivity index (χ3v) is 5.41. The first kappa shape index (κ1) is 18.4. The van der Waals surface area contributed by atoms with E-state index in [-0.39, 0.29) is 36.5 Å². The molecule has 6 nitrogen and oxygen atoms in total. The number of fused-ring (bicyclic) bond motifs is 1. The van der Waals surface area contributed by atoms with Crippen molar-refractivity contribution in [1.29, 1.82) is 0 Å². The lowest BCUT2D eigenvalue weighted by Gasteiger charge is -2.35. The lowest BCUT2D eigenvalue weighted by Crippen LogP contribution is -2.42. The van der Waals surface area contributed by atoms with Crippen LogP contribution in [0.1, 0.15) is 43.7 Å². The van der Waals surface area contributed by atoms with Gasteiger partial charge in [0.1, 0.15) is 10.8 Å². The van der Waals surface area contributed by atoms with E-state index in [4.69, 9.17) is 0 Å². The summed E-state index contributed by atoms with van der Waals surface area (Å²) in [4.78, 5) is 26.5. The molecular weight excluding hydrogens is 355 g/mol. The first-order valence-corrected chi connectivity index (χ1v) is 9.52. The maximum absolute atomic E-state index is 13.4. The molecule has 1 aliphatic heterocycles. The summed E-state index contributed by atoms with van der Waals surface area (Å²) in [5.74, 6) is -0.693. The fourth-order valence-electron chi connectivity index (χ4n) is 3.07. The molecule has 8 heteroatoms. The Morgan fingerprint density at radius 1 is 1.35 bits per heavy atom. The number of hydrogen-bond acceptors (Lipinski definition) is 5. The van der Waals surface area contributed by atoms with Crippen LogP contribution >= 0.6 is 11.3 Å². The van der Waals surface area contributed by atoms with Gasteiger partial charge < -0.3 is 10.2 Å². The number of nitrogens with zero attached hydrogens (tertiary/aromatic N) is 3. The van der Waals surface area contributed by atoms with Crippen LogP contribution in [0.3, 0.4) is 0 Å². The molecule has 1 aromatic carbocycles. The van der Waals surface area contributed by atoms with Crippen molar-refractivity contribution in [2.45, 2.75) is 52.0 Å². The van der Waals surface area contributed by atoms with E-state index in [2.05, 4.69) is 15.5 Å². The molecular formula is C18H21FN4O2S. The average molecular weight is 376 g/mol. The van der Waals surface area contributed by atoms with E-state index in [0.717, 1.165) is 35.5 Å². The van der Waals surface area contributed by atoms with Gasteiger partial charge in [-0.1, -0.05) is 18.3 Å². The second-order valence-electron chi connectivity index (χ2n) is 6.33. The molecule has 1 N–H and O–H groups in total. The number of rotatable bonds is 5. The number of aryl methyl sites for hydroxylation is 2. The molecule has 1 aromatic heterocycles. The Kier molecular flexibility index (Phi) is 5.61. The zero-order valence-corrected chi connectivity index (χ0v) is 15.6. The SMILES string of the molecule is CCc1nnc(NC(=O)CCC(=O)N2c3ccc(F)cc3CCC2C)s1. The number of hydrogen-bond donors (Lipinski definition) is 1. The number of benzene rings is 1. The number of halogens is 1.